The van der Waals surface area contributed by atoms with Gasteiger partial charge in [0, 0.05) is 6.42 Å². The zero-order valence-corrected chi connectivity index (χ0v) is 15.2. The van der Waals surface area contributed by atoms with E-state index in [1.807, 2.05) is 24.3 Å². The average molecular weight is 337 g/mol. The van der Waals surface area contributed by atoms with Gasteiger partial charge in [0.05, 0.1) is 13.2 Å². The summed E-state index contributed by atoms with van der Waals surface area (Å²) in [6.45, 7) is 2.07. The van der Waals surface area contributed by atoms with E-state index in [0.717, 1.165) is 17.7 Å². The minimum atomic E-state index is 0.0515. The standard InChI is InChI=1S/C22H27NO2/c1-16(19-11-10-18-5-3-4-6-20(18)15-19)23-22(24)14-9-17-7-12-21(25-2)13-8-17/h7-8,10-13,15-16H,3-6,9,14H2,1-2H3,(H,23,24)/t16-/m1/s1. The van der Waals surface area contributed by atoms with Gasteiger partial charge in [-0.25, -0.2) is 0 Å². The Morgan fingerprint density at radius 2 is 1.80 bits per heavy atom. The van der Waals surface area contributed by atoms with Crippen LogP contribution < -0.4 is 10.1 Å². The molecule has 0 heterocycles. The molecular weight excluding hydrogens is 310 g/mol. The van der Waals surface area contributed by atoms with Crippen molar-refractivity contribution in [1.29, 1.82) is 0 Å². The molecule has 0 saturated heterocycles. The zero-order chi connectivity index (χ0) is 17.6. The molecule has 25 heavy (non-hydrogen) atoms. The van der Waals surface area contributed by atoms with Crippen molar-refractivity contribution in [2.75, 3.05) is 7.11 Å². The number of hydrogen-bond donors (Lipinski definition) is 1. The van der Waals surface area contributed by atoms with Crippen LogP contribution in [0.2, 0.25) is 0 Å². The molecule has 2 aromatic rings. The van der Waals surface area contributed by atoms with E-state index in [0.29, 0.717) is 6.42 Å². The van der Waals surface area contributed by atoms with E-state index < -0.39 is 0 Å². The van der Waals surface area contributed by atoms with E-state index in [4.69, 9.17) is 4.74 Å². The average Bonchev–Trinajstić information content (AvgIpc) is 2.66. The summed E-state index contributed by atoms with van der Waals surface area (Å²) < 4.78 is 5.16. The van der Waals surface area contributed by atoms with Gasteiger partial charge in [-0.2, -0.15) is 0 Å². The Morgan fingerprint density at radius 3 is 2.52 bits per heavy atom. The van der Waals surface area contributed by atoms with Crippen molar-refractivity contribution in [2.24, 2.45) is 0 Å². The number of methoxy groups -OCH3 is 1. The largest absolute Gasteiger partial charge is 0.497 e. The van der Waals surface area contributed by atoms with Crippen LogP contribution in [0.25, 0.3) is 0 Å². The van der Waals surface area contributed by atoms with Gasteiger partial charge >= 0.3 is 0 Å². The number of ether oxygens (including phenoxy) is 1. The van der Waals surface area contributed by atoms with Crippen molar-refractivity contribution in [2.45, 2.75) is 51.5 Å². The van der Waals surface area contributed by atoms with Crippen LogP contribution in [0.4, 0.5) is 0 Å². The number of hydrogen-bond acceptors (Lipinski definition) is 2. The second-order valence-corrected chi connectivity index (χ2v) is 6.87. The third-order valence-electron chi connectivity index (χ3n) is 5.05. The van der Waals surface area contributed by atoms with Crippen molar-refractivity contribution in [1.82, 2.24) is 5.32 Å². The maximum atomic E-state index is 12.3. The summed E-state index contributed by atoms with van der Waals surface area (Å²) in [5.41, 5.74) is 5.30. The Hall–Kier alpha value is -2.29. The summed E-state index contributed by atoms with van der Waals surface area (Å²) >= 11 is 0. The molecule has 1 aliphatic rings. The quantitative estimate of drug-likeness (QED) is 0.849. The normalized spacial score (nSPS) is 14.5. The molecule has 0 unspecified atom stereocenters. The summed E-state index contributed by atoms with van der Waals surface area (Å²) in [6.07, 6.45) is 6.18. The van der Waals surface area contributed by atoms with Gasteiger partial charge in [0.1, 0.15) is 5.75 Å². The molecule has 0 spiro atoms. The third kappa shape index (κ3) is 4.62. The molecule has 0 fully saturated rings. The van der Waals surface area contributed by atoms with E-state index in [1.54, 1.807) is 7.11 Å². The number of fused-ring (bicyclic) bond motifs is 1. The fourth-order valence-corrected chi connectivity index (χ4v) is 3.47. The first-order valence-corrected chi connectivity index (χ1v) is 9.19. The van der Waals surface area contributed by atoms with Crippen molar-refractivity contribution in [3.63, 3.8) is 0 Å². The second kappa shape index (κ2) is 8.19. The van der Waals surface area contributed by atoms with Crippen molar-refractivity contribution >= 4 is 5.91 Å². The number of amides is 1. The van der Waals surface area contributed by atoms with Gasteiger partial charge in [-0.3, -0.25) is 4.79 Å². The molecule has 2 aromatic carbocycles. The fourth-order valence-electron chi connectivity index (χ4n) is 3.47. The van der Waals surface area contributed by atoms with Gasteiger partial charge in [-0.1, -0.05) is 30.3 Å². The van der Waals surface area contributed by atoms with Crippen molar-refractivity contribution < 1.29 is 9.53 Å². The second-order valence-electron chi connectivity index (χ2n) is 6.87. The number of aryl methyl sites for hydroxylation is 3. The topological polar surface area (TPSA) is 38.3 Å². The molecular formula is C22H27NO2. The van der Waals surface area contributed by atoms with Gasteiger partial charge in [-0.05, 0) is 73.4 Å². The van der Waals surface area contributed by atoms with Crippen LogP contribution in [0.5, 0.6) is 5.75 Å². The Bertz CT molecular complexity index is 721. The number of carbonyl (C=O) groups is 1. The highest BCUT2D eigenvalue weighted by atomic mass is 16.5. The predicted molar refractivity (Wildman–Crippen MR) is 101 cm³/mol. The molecule has 3 heteroatoms. The van der Waals surface area contributed by atoms with E-state index in [9.17, 15) is 4.79 Å². The molecule has 1 N–H and O–H groups in total. The molecule has 0 bridgehead atoms. The van der Waals surface area contributed by atoms with Crippen LogP contribution in [-0.2, 0) is 24.1 Å². The van der Waals surface area contributed by atoms with Crippen molar-refractivity contribution in [3.8, 4) is 5.75 Å². The summed E-state index contributed by atoms with van der Waals surface area (Å²) in [5, 5.41) is 3.13. The SMILES string of the molecule is COc1ccc(CCC(=O)N[C@H](C)c2ccc3c(c2)CCCC3)cc1. The molecule has 3 rings (SSSR count). The van der Waals surface area contributed by atoms with E-state index in [2.05, 4.69) is 30.4 Å². The molecule has 0 aliphatic heterocycles. The van der Waals surface area contributed by atoms with Crippen LogP contribution in [0, 0.1) is 0 Å². The highest BCUT2D eigenvalue weighted by molar-refractivity contribution is 5.76. The number of rotatable bonds is 6. The number of nitrogens with one attached hydrogen (secondary N) is 1. The van der Waals surface area contributed by atoms with Crippen LogP contribution in [0.3, 0.4) is 0 Å². The highest BCUT2D eigenvalue weighted by Crippen LogP contribution is 2.24. The van der Waals surface area contributed by atoms with Crippen molar-refractivity contribution in [3.05, 3.63) is 64.7 Å². The van der Waals surface area contributed by atoms with Gasteiger partial charge in [0.2, 0.25) is 5.91 Å². The molecule has 0 aromatic heterocycles. The maximum Gasteiger partial charge on any atom is 0.220 e. The van der Waals surface area contributed by atoms with E-state index >= 15 is 0 Å². The number of carbonyl (C=O) groups excluding carboxylic acids is 1. The minimum Gasteiger partial charge on any atom is -0.497 e. The Balaban J connectivity index is 1.53. The van der Waals surface area contributed by atoms with E-state index in [-0.39, 0.29) is 11.9 Å². The zero-order valence-electron chi connectivity index (χ0n) is 15.2. The number of benzene rings is 2. The monoisotopic (exact) mass is 337 g/mol. The molecule has 132 valence electrons. The van der Waals surface area contributed by atoms with E-state index in [1.165, 1.54) is 42.4 Å². The molecule has 1 amide bonds. The lowest BCUT2D eigenvalue weighted by Crippen LogP contribution is -2.27. The lowest BCUT2D eigenvalue weighted by atomic mass is 9.89. The van der Waals surface area contributed by atoms with Gasteiger partial charge in [-0.15, -0.1) is 0 Å². The fraction of sp³-hybridized carbons (Fsp3) is 0.409. The lowest BCUT2D eigenvalue weighted by Gasteiger charge is -2.20. The van der Waals surface area contributed by atoms with Gasteiger partial charge in [0.15, 0.2) is 0 Å². The summed E-state index contributed by atoms with van der Waals surface area (Å²) in [5.74, 6) is 0.940. The highest BCUT2D eigenvalue weighted by Gasteiger charge is 2.14. The predicted octanol–water partition coefficient (Wildman–Crippen LogP) is 4.38. The summed E-state index contributed by atoms with van der Waals surface area (Å²) in [6, 6.07) is 14.6. The molecule has 0 saturated carbocycles. The van der Waals surface area contributed by atoms with Crippen LogP contribution in [0.1, 0.15) is 54.5 Å². The molecule has 1 atom stereocenters. The lowest BCUT2D eigenvalue weighted by molar-refractivity contribution is -0.121. The van der Waals surface area contributed by atoms with Gasteiger partial charge < -0.3 is 10.1 Å². The van der Waals surface area contributed by atoms with Crippen LogP contribution in [-0.4, -0.2) is 13.0 Å². The maximum absolute atomic E-state index is 12.3. The smallest absolute Gasteiger partial charge is 0.220 e. The van der Waals surface area contributed by atoms with Gasteiger partial charge in [0.25, 0.3) is 0 Å². The summed E-state index contributed by atoms with van der Waals surface area (Å²) in [7, 11) is 1.66. The van der Waals surface area contributed by atoms with Crippen LogP contribution >= 0.6 is 0 Å². The minimum absolute atomic E-state index is 0.0515. The molecule has 0 radical (unpaired) electrons. The van der Waals surface area contributed by atoms with Crippen LogP contribution in [0.15, 0.2) is 42.5 Å². The first-order valence-electron chi connectivity index (χ1n) is 9.19. The third-order valence-corrected chi connectivity index (χ3v) is 5.05. The Morgan fingerprint density at radius 1 is 1.08 bits per heavy atom. The summed E-state index contributed by atoms with van der Waals surface area (Å²) in [4.78, 5) is 12.3. The molecule has 3 nitrogen and oxygen atoms in total. The molecule has 1 aliphatic carbocycles. The first kappa shape index (κ1) is 17.5. The Kier molecular flexibility index (Phi) is 5.75. The Labute approximate surface area is 150 Å². The first-order chi connectivity index (χ1) is 12.2.